The van der Waals surface area contributed by atoms with Crippen molar-refractivity contribution >= 4 is 22.1 Å². The van der Waals surface area contributed by atoms with Gasteiger partial charge in [0.05, 0.1) is 11.1 Å². The molecule has 150 valence electrons. The molecule has 0 atom stereocenters. The number of phenols is 1. The maximum Gasteiger partial charge on any atom is 0.271 e. The molecule has 29 heavy (non-hydrogen) atoms. The number of benzene rings is 2. The molecule has 0 bridgehead atoms. The number of aromatic hydroxyl groups is 1. The Kier molecular flexibility index (Phi) is 5.53. The first-order chi connectivity index (χ1) is 13.7. The molecule has 2 aromatic carbocycles. The Morgan fingerprint density at radius 3 is 2.31 bits per heavy atom. The summed E-state index contributed by atoms with van der Waals surface area (Å²) in [7, 11) is -3.75. The van der Waals surface area contributed by atoms with E-state index < -0.39 is 15.9 Å². The van der Waals surface area contributed by atoms with Crippen molar-refractivity contribution < 1.29 is 18.3 Å². The zero-order valence-corrected chi connectivity index (χ0v) is 16.6. The lowest BCUT2D eigenvalue weighted by Crippen LogP contribution is -2.17. The van der Waals surface area contributed by atoms with Crippen molar-refractivity contribution in [3.8, 4) is 11.4 Å². The third kappa shape index (κ3) is 4.53. The quantitative estimate of drug-likeness (QED) is 0.438. The molecular weight excluding hydrogens is 392 g/mol. The van der Waals surface area contributed by atoms with Gasteiger partial charge in [-0.25, -0.2) is 19.0 Å². The van der Waals surface area contributed by atoms with E-state index in [0.29, 0.717) is 5.56 Å². The van der Waals surface area contributed by atoms with Crippen molar-refractivity contribution in [2.24, 2.45) is 10.2 Å². The van der Waals surface area contributed by atoms with Crippen molar-refractivity contribution in [1.82, 2.24) is 9.99 Å². The summed E-state index contributed by atoms with van der Waals surface area (Å²) in [6.07, 6.45) is 1.54. The minimum Gasteiger partial charge on any atom is -0.508 e. The Hall–Kier alpha value is -3.43. The monoisotopic (exact) mass is 412 g/mol. The third-order valence-corrected chi connectivity index (χ3v) is 5.32. The predicted molar refractivity (Wildman–Crippen MR) is 110 cm³/mol. The number of amides is 1. The molecular formula is C20H20N4O4S. The number of hydrogen-bond acceptors (Lipinski definition) is 5. The van der Waals surface area contributed by atoms with Gasteiger partial charge in [0.2, 0.25) is 10.0 Å². The molecule has 0 saturated heterocycles. The van der Waals surface area contributed by atoms with Crippen molar-refractivity contribution in [2.75, 3.05) is 0 Å². The fraction of sp³-hybridized carbons (Fsp3) is 0.100. The zero-order valence-electron chi connectivity index (χ0n) is 15.8. The number of aryl methyl sites for hydroxylation is 1. The Bertz CT molecular complexity index is 1180. The average molecular weight is 412 g/mol. The first-order valence-electron chi connectivity index (χ1n) is 8.61. The van der Waals surface area contributed by atoms with Crippen LogP contribution in [0.1, 0.15) is 27.3 Å². The van der Waals surface area contributed by atoms with Crippen LogP contribution in [0.5, 0.6) is 5.75 Å². The predicted octanol–water partition coefficient (Wildman–Crippen LogP) is 2.21. The largest absolute Gasteiger partial charge is 0.508 e. The number of phenolic OH excluding ortho intramolecular Hbond substituents is 1. The molecule has 0 aliphatic carbocycles. The standard InChI is InChI=1S/C20H20N4O4S/c1-13-11-16(12-22-23-20(26)15-3-7-18(25)8-4-15)14(2)24(13)17-5-9-19(10-6-17)29(21,27)28/h3-12,25H,1-2H3,(H,23,26)(H2,21,27,28)/b22-12+. The zero-order chi connectivity index (χ0) is 21.2. The minimum atomic E-state index is -3.75. The number of nitrogens with one attached hydrogen (secondary N) is 1. The number of sulfonamides is 1. The second-order valence-corrected chi connectivity index (χ2v) is 8.01. The Morgan fingerprint density at radius 1 is 1.10 bits per heavy atom. The van der Waals surface area contributed by atoms with E-state index in [9.17, 15) is 18.3 Å². The molecule has 8 nitrogen and oxygen atoms in total. The van der Waals surface area contributed by atoms with Gasteiger partial charge in [-0.15, -0.1) is 0 Å². The Morgan fingerprint density at radius 2 is 1.72 bits per heavy atom. The summed E-state index contributed by atoms with van der Waals surface area (Å²) in [6, 6.07) is 14.0. The van der Waals surface area contributed by atoms with Crippen LogP contribution in [0.3, 0.4) is 0 Å². The van der Waals surface area contributed by atoms with Gasteiger partial charge >= 0.3 is 0 Å². The summed E-state index contributed by atoms with van der Waals surface area (Å²) in [6.45, 7) is 3.80. The lowest BCUT2D eigenvalue weighted by molar-refractivity contribution is 0.0955. The van der Waals surface area contributed by atoms with E-state index in [1.165, 1.54) is 42.6 Å². The molecule has 9 heteroatoms. The molecule has 3 aromatic rings. The summed E-state index contributed by atoms with van der Waals surface area (Å²) in [4.78, 5) is 12.1. The summed E-state index contributed by atoms with van der Waals surface area (Å²) in [5.74, 6) is -0.316. The van der Waals surface area contributed by atoms with E-state index in [-0.39, 0.29) is 10.6 Å². The number of nitrogens with zero attached hydrogens (tertiary/aromatic N) is 2. The number of rotatable bonds is 5. The molecule has 0 aliphatic rings. The van der Waals surface area contributed by atoms with E-state index in [0.717, 1.165) is 22.6 Å². The van der Waals surface area contributed by atoms with Crippen LogP contribution >= 0.6 is 0 Å². The first kappa shape index (κ1) is 20.3. The van der Waals surface area contributed by atoms with E-state index in [2.05, 4.69) is 10.5 Å². The van der Waals surface area contributed by atoms with E-state index in [4.69, 9.17) is 5.14 Å². The molecule has 1 heterocycles. The SMILES string of the molecule is Cc1cc(/C=N/NC(=O)c2ccc(O)cc2)c(C)n1-c1ccc(S(N)(=O)=O)cc1. The third-order valence-electron chi connectivity index (χ3n) is 4.39. The van der Waals surface area contributed by atoms with E-state index in [1.54, 1.807) is 12.1 Å². The lowest BCUT2D eigenvalue weighted by atomic mass is 10.2. The van der Waals surface area contributed by atoms with Gasteiger partial charge < -0.3 is 9.67 Å². The number of hydrogen-bond donors (Lipinski definition) is 3. The Balaban J connectivity index is 1.79. The van der Waals surface area contributed by atoms with Gasteiger partial charge in [0.1, 0.15) is 5.75 Å². The van der Waals surface area contributed by atoms with Crippen molar-refractivity contribution in [2.45, 2.75) is 18.7 Å². The first-order valence-corrected chi connectivity index (χ1v) is 10.2. The van der Waals surface area contributed by atoms with Gasteiger partial charge in [-0.3, -0.25) is 4.79 Å². The van der Waals surface area contributed by atoms with Gasteiger partial charge in [-0.05, 0) is 68.4 Å². The van der Waals surface area contributed by atoms with Crippen molar-refractivity contribution in [3.63, 3.8) is 0 Å². The minimum absolute atomic E-state index is 0.0439. The lowest BCUT2D eigenvalue weighted by Gasteiger charge is -2.10. The number of nitrogens with two attached hydrogens (primary N) is 1. The molecule has 0 unspecified atom stereocenters. The van der Waals surface area contributed by atoms with Crippen LogP contribution in [-0.2, 0) is 10.0 Å². The number of carbonyl (C=O) groups excluding carboxylic acids is 1. The fourth-order valence-electron chi connectivity index (χ4n) is 2.94. The fourth-order valence-corrected chi connectivity index (χ4v) is 3.45. The molecule has 0 spiro atoms. The van der Waals surface area contributed by atoms with Gasteiger partial charge in [0.15, 0.2) is 0 Å². The molecule has 3 rings (SSSR count). The molecule has 4 N–H and O–H groups in total. The highest BCUT2D eigenvalue weighted by Gasteiger charge is 2.12. The molecule has 0 saturated carbocycles. The molecule has 1 amide bonds. The van der Waals surface area contributed by atoms with Crippen LogP contribution in [0.15, 0.2) is 64.6 Å². The second-order valence-electron chi connectivity index (χ2n) is 6.45. The van der Waals surface area contributed by atoms with Crippen LogP contribution in [0, 0.1) is 13.8 Å². The van der Waals surface area contributed by atoms with Gasteiger partial charge in [-0.1, -0.05) is 0 Å². The second kappa shape index (κ2) is 7.90. The number of hydrazone groups is 1. The van der Waals surface area contributed by atoms with Crippen molar-refractivity contribution in [1.29, 1.82) is 0 Å². The van der Waals surface area contributed by atoms with Gasteiger partial charge in [0, 0.05) is 28.2 Å². The van der Waals surface area contributed by atoms with E-state index in [1.807, 2.05) is 24.5 Å². The van der Waals surface area contributed by atoms with Crippen molar-refractivity contribution in [3.05, 3.63) is 77.1 Å². The van der Waals surface area contributed by atoms with Crippen LogP contribution < -0.4 is 10.6 Å². The van der Waals surface area contributed by atoms with Gasteiger partial charge in [0.25, 0.3) is 5.91 Å². The normalized spacial score (nSPS) is 11.7. The highest BCUT2D eigenvalue weighted by Crippen LogP contribution is 2.21. The van der Waals surface area contributed by atoms with Crippen LogP contribution in [-0.4, -0.2) is 30.2 Å². The van der Waals surface area contributed by atoms with Crippen LogP contribution in [0.4, 0.5) is 0 Å². The molecule has 0 fully saturated rings. The summed E-state index contributed by atoms with van der Waals surface area (Å²) >= 11 is 0. The molecule has 0 aliphatic heterocycles. The highest BCUT2D eigenvalue weighted by atomic mass is 32.2. The molecule has 0 radical (unpaired) electrons. The summed E-state index contributed by atoms with van der Waals surface area (Å²) < 4.78 is 24.8. The van der Waals surface area contributed by atoms with Crippen LogP contribution in [0.25, 0.3) is 5.69 Å². The summed E-state index contributed by atoms with van der Waals surface area (Å²) in [5.41, 5.74) is 6.18. The smallest absolute Gasteiger partial charge is 0.271 e. The summed E-state index contributed by atoms with van der Waals surface area (Å²) in [5, 5.41) is 18.4. The number of carbonyl (C=O) groups is 1. The number of aromatic nitrogens is 1. The highest BCUT2D eigenvalue weighted by molar-refractivity contribution is 7.89. The average Bonchev–Trinajstić information content (AvgIpc) is 2.95. The maximum absolute atomic E-state index is 12.1. The van der Waals surface area contributed by atoms with E-state index >= 15 is 0 Å². The van der Waals surface area contributed by atoms with Gasteiger partial charge in [-0.2, -0.15) is 5.10 Å². The molecule has 1 aromatic heterocycles. The van der Waals surface area contributed by atoms with Crippen LogP contribution in [0.2, 0.25) is 0 Å². The number of primary sulfonamides is 1. The topological polar surface area (TPSA) is 127 Å². The Labute approximate surface area is 168 Å². The maximum atomic E-state index is 12.1.